The molecule has 1 saturated heterocycles. The van der Waals surface area contributed by atoms with Gasteiger partial charge in [0.1, 0.15) is 5.76 Å². The van der Waals surface area contributed by atoms with Crippen molar-refractivity contribution < 1.29 is 14.7 Å². The number of benzene rings is 2. The smallest absolute Gasteiger partial charge is 0.295 e. The number of hydrogen-bond acceptors (Lipinski definition) is 4. The van der Waals surface area contributed by atoms with Crippen LogP contribution in [0, 0.1) is 13.8 Å². The number of Topliss-reactive ketones (excluding diaryl/α,β-unsaturated/α-hetero) is 1. The summed E-state index contributed by atoms with van der Waals surface area (Å²) in [5.74, 6) is -1.36. The Morgan fingerprint density at radius 3 is 2.23 bits per heavy atom. The molecule has 0 spiro atoms. The lowest BCUT2D eigenvalue weighted by molar-refractivity contribution is -0.139. The molecule has 1 aliphatic heterocycles. The lowest BCUT2D eigenvalue weighted by Crippen LogP contribution is -2.31. The topological polar surface area (TPSA) is 75.4 Å². The SMILES string of the molecule is Cc1ccc(/C(O)=C2/C(=O)C(=O)N(CCCn3ccnc3)C2c2ccc(C)cc2)cc1. The lowest BCUT2D eigenvalue weighted by Gasteiger charge is -2.25. The van der Waals surface area contributed by atoms with Crippen molar-refractivity contribution in [2.45, 2.75) is 32.9 Å². The van der Waals surface area contributed by atoms with Crippen LogP contribution in [-0.2, 0) is 16.1 Å². The van der Waals surface area contributed by atoms with Crippen LogP contribution in [0.1, 0.15) is 34.7 Å². The van der Waals surface area contributed by atoms with Gasteiger partial charge < -0.3 is 14.6 Å². The molecule has 1 aliphatic rings. The molecule has 1 amide bonds. The van der Waals surface area contributed by atoms with Crippen molar-refractivity contribution in [3.05, 3.63) is 95.1 Å². The van der Waals surface area contributed by atoms with E-state index < -0.39 is 17.7 Å². The fourth-order valence-electron chi connectivity index (χ4n) is 3.92. The molecule has 1 N–H and O–H groups in total. The van der Waals surface area contributed by atoms with Crippen LogP contribution in [-0.4, -0.2) is 37.8 Å². The van der Waals surface area contributed by atoms with E-state index in [0.29, 0.717) is 25.1 Å². The van der Waals surface area contributed by atoms with Crippen molar-refractivity contribution in [2.75, 3.05) is 6.54 Å². The molecular weight excluding hydrogens is 390 g/mol. The van der Waals surface area contributed by atoms with Crippen LogP contribution < -0.4 is 0 Å². The van der Waals surface area contributed by atoms with E-state index in [1.807, 2.05) is 61.0 Å². The van der Waals surface area contributed by atoms with E-state index in [1.54, 1.807) is 29.6 Å². The summed E-state index contributed by atoms with van der Waals surface area (Å²) in [6.45, 7) is 5.01. The highest BCUT2D eigenvalue weighted by Crippen LogP contribution is 2.39. The van der Waals surface area contributed by atoms with Gasteiger partial charge in [-0.15, -0.1) is 0 Å². The minimum atomic E-state index is -0.647. The Morgan fingerprint density at radius 2 is 1.61 bits per heavy atom. The van der Waals surface area contributed by atoms with Gasteiger partial charge >= 0.3 is 0 Å². The third-order valence-electron chi connectivity index (χ3n) is 5.63. The van der Waals surface area contributed by atoms with E-state index in [0.717, 1.165) is 16.7 Å². The highest BCUT2D eigenvalue weighted by atomic mass is 16.3. The molecular formula is C25H25N3O3. The largest absolute Gasteiger partial charge is 0.507 e. The van der Waals surface area contributed by atoms with Gasteiger partial charge in [0.2, 0.25) is 0 Å². The van der Waals surface area contributed by atoms with Crippen LogP contribution in [0.5, 0.6) is 0 Å². The number of amides is 1. The number of aryl methyl sites for hydroxylation is 3. The van der Waals surface area contributed by atoms with Crippen molar-refractivity contribution in [1.82, 2.24) is 14.5 Å². The zero-order valence-electron chi connectivity index (χ0n) is 17.7. The maximum Gasteiger partial charge on any atom is 0.295 e. The third kappa shape index (κ3) is 4.14. The Balaban J connectivity index is 1.72. The molecule has 6 nitrogen and oxygen atoms in total. The summed E-state index contributed by atoms with van der Waals surface area (Å²) < 4.78 is 1.93. The molecule has 2 aromatic carbocycles. The molecule has 31 heavy (non-hydrogen) atoms. The number of likely N-dealkylation sites (tertiary alicyclic amines) is 1. The minimum absolute atomic E-state index is 0.138. The number of nitrogens with zero attached hydrogens (tertiary/aromatic N) is 3. The first-order valence-electron chi connectivity index (χ1n) is 10.3. The molecule has 158 valence electrons. The molecule has 2 heterocycles. The number of aliphatic hydroxyl groups excluding tert-OH is 1. The summed E-state index contributed by atoms with van der Waals surface area (Å²) in [7, 11) is 0. The summed E-state index contributed by atoms with van der Waals surface area (Å²) >= 11 is 0. The zero-order valence-corrected chi connectivity index (χ0v) is 17.7. The number of carbonyl (C=O) groups is 2. The average molecular weight is 415 g/mol. The average Bonchev–Trinajstić information content (AvgIpc) is 3.37. The summed E-state index contributed by atoms with van der Waals surface area (Å²) in [4.78, 5) is 31.6. The quantitative estimate of drug-likeness (QED) is 0.375. The Kier molecular flexibility index (Phi) is 5.71. The van der Waals surface area contributed by atoms with Crippen molar-refractivity contribution >= 4 is 17.4 Å². The van der Waals surface area contributed by atoms with Crippen LogP contribution in [0.15, 0.2) is 72.8 Å². The maximum absolute atomic E-state index is 13.0. The molecule has 0 bridgehead atoms. The van der Waals surface area contributed by atoms with Crippen LogP contribution in [0.25, 0.3) is 5.76 Å². The van der Waals surface area contributed by atoms with Crippen molar-refractivity contribution in [2.24, 2.45) is 0 Å². The summed E-state index contributed by atoms with van der Waals surface area (Å²) in [5, 5.41) is 11.0. The van der Waals surface area contributed by atoms with E-state index in [4.69, 9.17) is 0 Å². The predicted molar refractivity (Wildman–Crippen MR) is 118 cm³/mol. The number of rotatable bonds is 6. The van der Waals surface area contributed by atoms with Gasteiger partial charge in [0.05, 0.1) is 17.9 Å². The highest BCUT2D eigenvalue weighted by molar-refractivity contribution is 6.46. The molecule has 1 aromatic heterocycles. The van der Waals surface area contributed by atoms with Gasteiger partial charge in [-0.3, -0.25) is 9.59 Å². The van der Waals surface area contributed by atoms with Gasteiger partial charge in [-0.1, -0.05) is 59.7 Å². The second-order valence-electron chi connectivity index (χ2n) is 7.92. The molecule has 0 saturated carbocycles. The maximum atomic E-state index is 13.0. The standard InChI is InChI=1S/C25H25N3O3/c1-17-4-8-19(9-5-17)22-21(23(29)20-10-6-18(2)7-11-20)24(30)25(31)28(22)14-3-13-27-15-12-26-16-27/h4-12,15-16,22,29H,3,13-14H2,1-2H3/b23-21-. The Hall–Kier alpha value is -3.67. The first-order chi connectivity index (χ1) is 15.0. The molecule has 1 atom stereocenters. The number of aromatic nitrogens is 2. The van der Waals surface area contributed by atoms with Gasteiger partial charge in [-0.25, -0.2) is 4.98 Å². The first-order valence-corrected chi connectivity index (χ1v) is 10.3. The Labute approximate surface area is 181 Å². The van der Waals surface area contributed by atoms with E-state index >= 15 is 0 Å². The van der Waals surface area contributed by atoms with E-state index in [2.05, 4.69) is 4.98 Å². The summed E-state index contributed by atoms with van der Waals surface area (Å²) in [6, 6.07) is 14.4. The monoisotopic (exact) mass is 415 g/mol. The molecule has 1 fully saturated rings. The normalized spacial score (nSPS) is 18.0. The summed E-state index contributed by atoms with van der Waals surface area (Å²) in [6.07, 6.45) is 5.96. The second kappa shape index (κ2) is 8.60. The van der Waals surface area contributed by atoms with Crippen LogP contribution in [0.2, 0.25) is 0 Å². The number of ketones is 1. The highest BCUT2D eigenvalue weighted by Gasteiger charge is 2.45. The minimum Gasteiger partial charge on any atom is -0.507 e. The van der Waals surface area contributed by atoms with Crippen LogP contribution in [0.3, 0.4) is 0 Å². The van der Waals surface area contributed by atoms with Gasteiger partial charge in [0, 0.05) is 31.0 Å². The van der Waals surface area contributed by atoms with Gasteiger partial charge in [-0.2, -0.15) is 0 Å². The van der Waals surface area contributed by atoms with Crippen molar-refractivity contribution in [3.8, 4) is 0 Å². The number of carbonyl (C=O) groups excluding carboxylic acids is 2. The van der Waals surface area contributed by atoms with Gasteiger partial charge in [-0.05, 0) is 25.8 Å². The van der Waals surface area contributed by atoms with Crippen molar-refractivity contribution in [1.29, 1.82) is 0 Å². The molecule has 0 radical (unpaired) electrons. The van der Waals surface area contributed by atoms with E-state index in [1.165, 1.54) is 0 Å². The number of hydrogen-bond donors (Lipinski definition) is 1. The van der Waals surface area contributed by atoms with Crippen LogP contribution in [0.4, 0.5) is 0 Å². The number of imidazole rings is 1. The fraction of sp³-hybridized carbons (Fsp3) is 0.240. The van der Waals surface area contributed by atoms with E-state index in [-0.39, 0.29) is 11.3 Å². The third-order valence-corrected chi connectivity index (χ3v) is 5.63. The molecule has 4 rings (SSSR count). The van der Waals surface area contributed by atoms with Gasteiger partial charge in [0.15, 0.2) is 0 Å². The fourth-order valence-corrected chi connectivity index (χ4v) is 3.92. The van der Waals surface area contributed by atoms with Crippen molar-refractivity contribution in [3.63, 3.8) is 0 Å². The Morgan fingerprint density at radius 1 is 0.968 bits per heavy atom. The first kappa shape index (κ1) is 20.6. The lowest BCUT2D eigenvalue weighted by atomic mass is 9.94. The molecule has 3 aromatic rings. The molecule has 0 aliphatic carbocycles. The Bertz CT molecular complexity index is 1110. The molecule has 6 heteroatoms. The molecule has 1 unspecified atom stereocenters. The number of aliphatic hydroxyl groups is 1. The zero-order chi connectivity index (χ0) is 22.0. The van der Waals surface area contributed by atoms with Crippen LogP contribution >= 0.6 is 0 Å². The van der Waals surface area contributed by atoms with Gasteiger partial charge in [0.25, 0.3) is 11.7 Å². The van der Waals surface area contributed by atoms with E-state index in [9.17, 15) is 14.7 Å². The summed E-state index contributed by atoms with van der Waals surface area (Å²) in [5.41, 5.74) is 3.60. The predicted octanol–water partition coefficient (Wildman–Crippen LogP) is 4.01. The second-order valence-corrected chi connectivity index (χ2v) is 7.92.